The number of rotatable bonds is 3. The third kappa shape index (κ3) is 3.11. The number of nitrogens with zero attached hydrogens (tertiary/aromatic N) is 1. The van der Waals surface area contributed by atoms with Gasteiger partial charge in [0, 0.05) is 9.26 Å². The number of aryl methyl sites for hydroxylation is 1. The zero-order chi connectivity index (χ0) is 14.0. The number of aromatic nitrogens is 1. The van der Waals surface area contributed by atoms with Gasteiger partial charge in [-0.2, -0.15) is 0 Å². The van der Waals surface area contributed by atoms with E-state index < -0.39 is 11.9 Å². The number of carboxylic acid groups (broad SMARTS) is 1. The van der Waals surface area contributed by atoms with E-state index in [0.29, 0.717) is 17.0 Å². The Bertz CT molecular complexity index is 651. The molecule has 0 fully saturated rings. The van der Waals surface area contributed by atoms with Crippen LogP contribution in [-0.2, 0) is 0 Å². The first-order chi connectivity index (χ1) is 8.97. The van der Waals surface area contributed by atoms with Gasteiger partial charge in [-0.15, -0.1) is 0 Å². The van der Waals surface area contributed by atoms with Crippen LogP contribution in [0.25, 0.3) is 0 Å². The molecule has 0 aliphatic rings. The molecule has 1 heterocycles. The molecule has 0 saturated carbocycles. The van der Waals surface area contributed by atoms with Crippen molar-refractivity contribution in [2.45, 2.75) is 6.92 Å². The first-order valence-corrected chi connectivity index (χ1v) is 6.32. The third-order valence-electron chi connectivity index (χ3n) is 2.40. The SMILES string of the molecule is Cc1oncc1C(=O)Nc1cc(I)cc(C(=O)O)c1. The normalized spacial score (nSPS) is 10.2. The number of aromatic carboxylic acids is 1. The van der Waals surface area contributed by atoms with Crippen LogP contribution < -0.4 is 5.32 Å². The number of anilines is 1. The summed E-state index contributed by atoms with van der Waals surface area (Å²) in [5, 5.41) is 15.1. The lowest BCUT2D eigenvalue weighted by atomic mass is 10.2. The molecule has 1 amide bonds. The fraction of sp³-hybridized carbons (Fsp3) is 0.0833. The maximum atomic E-state index is 11.9. The molecule has 6 nitrogen and oxygen atoms in total. The Morgan fingerprint density at radius 2 is 2.11 bits per heavy atom. The van der Waals surface area contributed by atoms with Gasteiger partial charge in [-0.3, -0.25) is 4.79 Å². The molecule has 1 aromatic carbocycles. The highest BCUT2D eigenvalue weighted by Gasteiger charge is 2.14. The van der Waals surface area contributed by atoms with Gasteiger partial charge in [0.15, 0.2) is 0 Å². The molecule has 0 saturated heterocycles. The number of carbonyl (C=O) groups is 2. The van der Waals surface area contributed by atoms with E-state index in [1.165, 1.54) is 18.3 Å². The first kappa shape index (κ1) is 13.5. The van der Waals surface area contributed by atoms with Crippen LogP contribution in [0.1, 0.15) is 26.5 Å². The molecule has 0 unspecified atom stereocenters. The van der Waals surface area contributed by atoms with Crippen LogP contribution in [0.2, 0.25) is 0 Å². The predicted octanol–water partition coefficient (Wildman–Crippen LogP) is 2.54. The Morgan fingerprint density at radius 1 is 1.37 bits per heavy atom. The molecule has 7 heteroatoms. The van der Waals surface area contributed by atoms with Crippen molar-refractivity contribution in [3.8, 4) is 0 Å². The molecule has 2 aromatic rings. The summed E-state index contributed by atoms with van der Waals surface area (Å²) in [5.41, 5.74) is 0.842. The second-order valence-electron chi connectivity index (χ2n) is 3.78. The summed E-state index contributed by atoms with van der Waals surface area (Å²) < 4.78 is 5.52. The highest BCUT2D eigenvalue weighted by atomic mass is 127. The number of carboxylic acids is 1. The number of halogens is 1. The van der Waals surface area contributed by atoms with Crippen molar-refractivity contribution in [3.63, 3.8) is 0 Å². The summed E-state index contributed by atoms with van der Waals surface area (Å²) in [4.78, 5) is 22.9. The number of benzene rings is 1. The lowest BCUT2D eigenvalue weighted by Crippen LogP contribution is -2.13. The molecule has 0 aliphatic carbocycles. The van der Waals surface area contributed by atoms with Crippen molar-refractivity contribution in [1.29, 1.82) is 0 Å². The summed E-state index contributed by atoms with van der Waals surface area (Å²) in [6.45, 7) is 1.62. The van der Waals surface area contributed by atoms with Crippen molar-refractivity contribution in [2.75, 3.05) is 5.32 Å². The molecule has 1 aromatic heterocycles. The van der Waals surface area contributed by atoms with Crippen molar-refractivity contribution in [1.82, 2.24) is 5.16 Å². The molecule has 2 rings (SSSR count). The molecular weight excluding hydrogens is 363 g/mol. The van der Waals surface area contributed by atoms with Crippen LogP contribution >= 0.6 is 22.6 Å². The van der Waals surface area contributed by atoms with Crippen molar-refractivity contribution < 1.29 is 19.2 Å². The number of carbonyl (C=O) groups excluding carboxylic acids is 1. The zero-order valence-electron chi connectivity index (χ0n) is 9.81. The van der Waals surface area contributed by atoms with E-state index in [4.69, 9.17) is 9.63 Å². The molecule has 0 spiro atoms. The third-order valence-corrected chi connectivity index (χ3v) is 3.02. The van der Waals surface area contributed by atoms with Gasteiger partial charge >= 0.3 is 5.97 Å². The van der Waals surface area contributed by atoms with Crippen LogP contribution in [0, 0.1) is 10.5 Å². The van der Waals surface area contributed by atoms with Crippen LogP contribution in [0.3, 0.4) is 0 Å². The number of nitrogens with one attached hydrogen (secondary N) is 1. The molecule has 0 bridgehead atoms. The van der Waals surface area contributed by atoms with Gasteiger partial charge in [-0.1, -0.05) is 5.16 Å². The lowest BCUT2D eigenvalue weighted by molar-refractivity contribution is 0.0696. The Labute approximate surface area is 121 Å². The standard InChI is InChI=1S/C12H9IN2O4/c1-6-10(5-14-19-6)11(16)15-9-3-7(12(17)18)2-8(13)4-9/h2-5H,1H3,(H,15,16)(H,17,18). The minimum atomic E-state index is -1.05. The quantitative estimate of drug-likeness (QED) is 0.808. The summed E-state index contributed by atoms with van der Waals surface area (Å²) >= 11 is 1.99. The van der Waals surface area contributed by atoms with Crippen LogP contribution in [0.4, 0.5) is 5.69 Å². The fourth-order valence-corrected chi connectivity index (χ4v) is 2.17. The number of amides is 1. The number of hydrogen-bond donors (Lipinski definition) is 2. The van der Waals surface area contributed by atoms with E-state index in [-0.39, 0.29) is 5.56 Å². The molecule has 19 heavy (non-hydrogen) atoms. The predicted molar refractivity (Wildman–Crippen MR) is 75.3 cm³/mol. The van der Waals surface area contributed by atoms with Gasteiger partial charge < -0.3 is 14.9 Å². The Morgan fingerprint density at radius 3 is 2.68 bits per heavy atom. The largest absolute Gasteiger partial charge is 0.478 e. The maximum absolute atomic E-state index is 11.9. The molecular formula is C12H9IN2O4. The molecule has 0 radical (unpaired) electrons. The van der Waals surface area contributed by atoms with Crippen molar-refractivity contribution in [2.24, 2.45) is 0 Å². The van der Waals surface area contributed by atoms with Gasteiger partial charge in [0.05, 0.1) is 11.8 Å². The van der Waals surface area contributed by atoms with E-state index in [1.807, 2.05) is 22.6 Å². The van der Waals surface area contributed by atoms with E-state index in [9.17, 15) is 9.59 Å². The molecule has 2 N–H and O–H groups in total. The maximum Gasteiger partial charge on any atom is 0.335 e. The minimum absolute atomic E-state index is 0.115. The van der Waals surface area contributed by atoms with Crippen molar-refractivity contribution >= 4 is 40.2 Å². The highest BCUT2D eigenvalue weighted by molar-refractivity contribution is 14.1. The van der Waals surface area contributed by atoms with Gasteiger partial charge in [0.1, 0.15) is 11.3 Å². The highest BCUT2D eigenvalue weighted by Crippen LogP contribution is 2.18. The van der Waals surface area contributed by atoms with Crippen LogP contribution in [-0.4, -0.2) is 22.1 Å². The van der Waals surface area contributed by atoms with Crippen LogP contribution in [0.15, 0.2) is 28.9 Å². The topological polar surface area (TPSA) is 92.4 Å². The summed E-state index contributed by atoms with van der Waals surface area (Å²) in [7, 11) is 0. The average molecular weight is 372 g/mol. The van der Waals surface area contributed by atoms with Gasteiger partial charge in [0.2, 0.25) is 0 Å². The second kappa shape index (κ2) is 5.39. The van der Waals surface area contributed by atoms with E-state index in [2.05, 4.69) is 10.5 Å². The zero-order valence-corrected chi connectivity index (χ0v) is 12.0. The average Bonchev–Trinajstić information content (AvgIpc) is 2.74. The van der Waals surface area contributed by atoms with Gasteiger partial charge in [-0.05, 0) is 47.7 Å². The lowest BCUT2D eigenvalue weighted by Gasteiger charge is -2.06. The Balaban J connectivity index is 2.26. The monoisotopic (exact) mass is 372 g/mol. The first-order valence-electron chi connectivity index (χ1n) is 5.24. The van der Waals surface area contributed by atoms with Gasteiger partial charge in [-0.25, -0.2) is 4.79 Å². The summed E-state index contributed by atoms with van der Waals surface area (Å²) in [6, 6.07) is 4.59. The van der Waals surface area contributed by atoms with Gasteiger partial charge in [0.25, 0.3) is 5.91 Å². The van der Waals surface area contributed by atoms with E-state index in [0.717, 1.165) is 3.57 Å². The number of hydrogen-bond acceptors (Lipinski definition) is 4. The van der Waals surface area contributed by atoms with E-state index in [1.54, 1.807) is 13.0 Å². The Hall–Kier alpha value is -1.90. The van der Waals surface area contributed by atoms with Crippen molar-refractivity contribution in [3.05, 3.63) is 44.9 Å². The van der Waals surface area contributed by atoms with E-state index >= 15 is 0 Å². The smallest absolute Gasteiger partial charge is 0.335 e. The Kier molecular flexibility index (Phi) is 3.84. The second-order valence-corrected chi connectivity index (χ2v) is 5.03. The minimum Gasteiger partial charge on any atom is -0.478 e. The molecule has 98 valence electrons. The van der Waals surface area contributed by atoms with Crippen LogP contribution in [0.5, 0.6) is 0 Å². The fourth-order valence-electron chi connectivity index (χ4n) is 1.50. The summed E-state index contributed by atoms with van der Waals surface area (Å²) in [6.07, 6.45) is 1.32. The molecule has 0 aliphatic heterocycles. The summed E-state index contributed by atoms with van der Waals surface area (Å²) in [5.74, 6) is -1.03. The molecule has 0 atom stereocenters.